The van der Waals surface area contributed by atoms with Crippen molar-refractivity contribution in [3.05, 3.63) is 34.9 Å². The SMILES string of the molecule is CCCCC(CC)CCc1cc(C(C)(C)C)c(OC)cc1C=CC(C)(C)C. The van der Waals surface area contributed by atoms with Gasteiger partial charge in [-0.1, -0.05) is 99.3 Å². The topological polar surface area (TPSA) is 9.23 Å². The number of aryl methyl sites for hydroxylation is 1. The van der Waals surface area contributed by atoms with Crippen molar-refractivity contribution < 1.29 is 4.74 Å². The van der Waals surface area contributed by atoms with Gasteiger partial charge in [0.25, 0.3) is 0 Å². The summed E-state index contributed by atoms with van der Waals surface area (Å²) >= 11 is 0. The number of methoxy groups -OCH3 is 1. The number of rotatable bonds is 9. The molecular formula is C26H44O. The number of hydrogen-bond acceptors (Lipinski definition) is 1. The van der Waals surface area contributed by atoms with Crippen molar-refractivity contribution in [2.24, 2.45) is 11.3 Å². The van der Waals surface area contributed by atoms with Gasteiger partial charge in [-0.05, 0) is 52.3 Å². The smallest absolute Gasteiger partial charge is 0.123 e. The van der Waals surface area contributed by atoms with E-state index in [9.17, 15) is 0 Å². The molecule has 0 heterocycles. The van der Waals surface area contributed by atoms with Gasteiger partial charge < -0.3 is 4.74 Å². The molecule has 1 unspecified atom stereocenters. The molecule has 0 amide bonds. The lowest BCUT2D eigenvalue weighted by atomic mass is 9.82. The van der Waals surface area contributed by atoms with Gasteiger partial charge in [0.2, 0.25) is 0 Å². The molecule has 1 nitrogen and oxygen atoms in total. The molecule has 0 aliphatic heterocycles. The summed E-state index contributed by atoms with van der Waals surface area (Å²) in [5, 5.41) is 0. The van der Waals surface area contributed by atoms with E-state index in [0.717, 1.165) is 18.1 Å². The van der Waals surface area contributed by atoms with E-state index in [1.807, 2.05) is 0 Å². The fourth-order valence-electron chi connectivity index (χ4n) is 3.51. The summed E-state index contributed by atoms with van der Waals surface area (Å²) in [7, 11) is 1.79. The Morgan fingerprint density at radius 1 is 1.00 bits per heavy atom. The van der Waals surface area contributed by atoms with Crippen LogP contribution in [0.15, 0.2) is 18.2 Å². The van der Waals surface area contributed by atoms with Gasteiger partial charge >= 0.3 is 0 Å². The van der Waals surface area contributed by atoms with Crippen LogP contribution in [0.1, 0.15) is 104 Å². The Bertz CT molecular complexity index is 596. The second kappa shape index (κ2) is 10.3. The molecule has 0 spiro atoms. The predicted octanol–water partition coefficient (Wildman–Crippen LogP) is 8.20. The van der Waals surface area contributed by atoms with Gasteiger partial charge in [0.15, 0.2) is 0 Å². The number of allylic oxidation sites excluding steroid dienone is 1. The van der Waals surface area contributed by atoms with Crippen LogP contribution in [0.3, 0.4) is 0 Å². The average Bonchev–Trinajstić information content (AvgIpc) is 2.58. The molecule has 0 saturated carbocycles. The van der Waals surface area contributed by atoms with Crippen molar-refractivity contribution in [2.75, 3.05) is 7.11 Å². The zero-order chi connectivity index (χ0) is 20.7. The van der Waals surface area contributed by atoms with Crippen LogP contribution >= 0.6 is 0 Å². The zero-order valence-electron chi connectivity index (χ0n) is 19.5. The highest BCUT2D eigenvalue weighted by atomic mass is 16.5. The highest BCUT2D eigenvalue weighted by Gasteiger charge is 2.21. The summed E-state index contributed by atoms with van der Waals surface area (Å²) in [5.41, 5.74) is 4.37. The van der Waals surface area contributed by atoms with Crippen LogP contribution in [-0.4, -0.2) is 7.11 Å². The van der Waals surface area contributed by atoms with Gasteiger partial charge in [-0.2, -0.15) is 0 Å². The van der Waals surface area contributed by atoms with Crippen molar-refractivity contribution in [3.63, 3.8) is 0 Å². The third-order valence-electron chi connectivity index (χ3n) is 5.40. The summed E-state index contributed by atoms with van der Waals surface area (Å²) in [6.45, 7) is 18.2. The minimum atomic E-state index is 0.0821. The molecule has 0 radical (unpaired) electrons. The maximum atomic E-state index is 5.77. The first-order valence-corrected chi connectivity index (χ1v) is 10.9. The molecule has 154 valence electrons. The molecule has 1 aromatic carbocycles. The van der Waals surface area contributed by atoms with Gasteiger partial charge in [0, 0.05) is 0 Å². The van der Waals surface area contributed by atoms with E-state index in [2.05, 4.69) is 79.7 Å². The molecule has 0 fully saturated rings. The highest BCUT2D eigenvalue weighted by molar-refractivity contribution is 5.60. The highest BCUT2D eigenvalue weighted by Crippen LogP contribution is 2.35. The maximum Gasteiger partial charge on any atom is 0.123 e. The fraction of sp³-hybridized carbons (Fsp3) is 0.692. The molecule has 1 atom stereocenters. The van der Waals surface area contributed by atoms with Crippen LogP contribution in [0.2, 0.25) is 0 Å². The fourth-order valence-corrected chi connectivity index (χ4v) is 3.51. The Hall–Kier alpha value is -1.24. The van der Waals surface area contributed by atoms with E-state index in [-0.39, 0.29) is 10.8 Å². The summed E-state index contributed by atoms with van der Waals surface area (Å²) in [4.78, 5) is 0. The molecule has 0 aliphatic carbocycles. The van der Waals surface area contributed by atoms with Crippen LogP contribution in [0.5, 0.6) is 5.75 Å². The molecule has 1 aromatic rings. The molecule has 27 heavy (non-hydrogen) atoms. The lowest BCUT2D eigenvalue weighted by Crippen LogP contribution is -2.14. The lowest BCUT2D eigenvalue weighted by Gasteiger charge is -2.25. The largest absolute Gasteiger partial charge is 0.496 e. The van der Waals surface area contributed by atoms with Crippen molar-refractivity contribution in [2.45, 2.75) is 99.3 Å². The first-order valence-electron chi connectivity index (χ1n) is 10.9. The van der Waals surface area contributed by atoms with Gasteiger partial charge in [0.05, 0.1) is 7.11 Å². The second-order valence-corrected chi connectivity index (χ2v) is 10.2. The Morgan fingerprint density at radius 2 is 1.67 bits per heavy atom. The van der Waals surface area contributed by atoms with Crippen LogP contribution in [0.25, 0.3) is 6.08 Å². The van der Waals surface area contributed by atoms with E-state index in [4.69, 9.17) is 4.74 Å². The number of ether oxygens (including phenoxy) is 1. The van der Waals surface area contributed by atoms with E-state index in [1.165, 1.54) is 48.8 Å². The van der Waals surface area contributed by atoms with Crippen LogP contribution in [0, 0.1) is 11.3 Å². The molecule has 0 saturated heterocycles. The van der Waals surface area contributed by atoms with E-state index >= 15 is 0 Å². The Kier molecular flexibility index (Phi) is 9.12. The van der Waals surface area contributed by atoms with Gasteiger partial charge in [-0.3, -0.25) is 0 Å². The Balaban J connectivity index is 3.25. The van der Waals surface area contributed by atoms with Gasteiger partial charge in [-0.25, -0.2) is 0 Å². The first kappa shape index (κ1) is 23.8. The normalized spacial score (nSPS) is 14.0. The predicted molar refractivity (Wildman–Crippen MR) is 122 cm³/mol. The quantitative estimate of drug-likeness (QED) is 0.424. The second-order valence-electron chi connectivity index (χ2n) is 10.2. The molecule has 0 aliphatic rings. The Labute approximate surface area is 169 Å². The molecule has 1 heteroatoms. The van der Waals surface area contributed by atoms with Gasteiger partial charge in [-0.15, -0.1) is 0 Å². The minimum absolute atomic E-state index is 0.0821. The molecule has 0 bridgehead atoms. The summed E-state index contributed by atoms with van der Waals surface area (Å²) in [5.74, 6) is 1.85. The van der Waals surface area contributed by atoms with Crippen molar-refractivity contribution in [3.8, 4) is 5.75 Å². The van der Waals surface area contributed by atoms with Crippen LogP contribution in [0.4, 0.5) is 0 Å². The van der Waals surface area contributed by atoms with Crippen molar-refractivity contribution in [1.29, 1.82) is 0 Å². The standard InChI is InChI=1S/C26H44O/c1-10-12-13-20(11-2)14-15-21-18-23(26(6,7)8)24(27-9)19-22(21)16-17-25(3,4)5/h16-20H,10-15H2,1-9H3. The van der Waals surface area contributed by atoms with Crippen LogP contribution in [-0.2, 0) is 11.8 Å². The summed E-state index contributed by atoms with van der Waals surface area (Å²) < 4.78 is 5.77. The number of hydrogen-bond donors (Lipinski definition) is 0. The van der Waals surface area contributed by atoms with E-state index in [0.29, 0.717) is 0 Å². The van der Waals surface area contributed by atoms with Crippen molar-refractivity contribution in [1.82, 2.24) is 0 Å². The number of benzene rings is 1. The third-order valence-corrected chi connectivity index (χ3v) is 5.40. The van der Waals surface area contributed by atoms with Gasteiger partial charge in [0.1, 0.15) is 5.75 Å². The monoisotopic (exact) mass is 372 g/mol. The summed E-state index contributed by atoms with van der Waals surface area (Å²) in [6.07, 6.45) is 12.4. The number of unbranched alkanes of at least 4 members (excludes halogenated alkanes) is 1. The lowest BCUT2D eigenvalue weighted by molar-refractivity contribution is 0.396. The average molecular weight is 373 g/mol. The molecule has 1 rings (SSSR count). The van der Waals surface area contributed by atoms with E-state index in [1.54, 1.807) is 7.11 Å². The minimum Gasteiger partial charge on any atom is -0.496 e. The molecular weight excluding hydrogens is 328 g/mol. The first-order chi connectivity index (χ1) is 12.5. The zero-order valence-corrected chi connectivity index (χ0v) is 19.5. The van der Waals surface area contributed by atoms with Crippen LogP contribution < -0.4 is 4.74 Å². The van der Waals surface area contributed by atoms with E-state index < -0.39 is 0 Å². The summed E-state index contributed by atoms with van der Waals surface area (Å²) in [6, 6.07) is 4.67. The molecule has 0 aromatic heterocycles. The molecule has 0 N–H and O–H groups in total. The maximum absolute atomic E-state index is 5.77. The van der Waals surface area contributed by atoms with Crippen molar-refractivity contribution >= 4 is 6.08 Å². The Morgan fingerprint density at radius 3 is 2.15 bits per heavy atom. The third kappa shape index (κ3) is 8.11.